The lowest BCUT2D eigenvalue weighted by molar-refractivity contribution is 0.0868. The van der Waals surface area contributed by atoms with E-state index in [-0.39, 0.29) is 5.92 Å². The van der Waals surface area contributed by atoms with Crippen LogP contribution < -0.4 is 5.32 Å². The average molecular weight is 483 g/mol. The predicted octanol–water partition coefficient (Wildman–Crippen LogP) is 7.48. The van der Waals surface area contributed by atoms with Gasteiger partial charge in [-0.2, -0.15) is 0 Å². The van der Waals surface area contributed by atoms with Crippen LogP contribution in [0.15, 0.2) is 48.7 Å². The molecule has 4 aromatic rings. The van der Waals surface area contributed by atoms with Crippen LogP contribution in [0.25, 0.3) is 22.0 Å². The molecule has 0 radical (unpaired) electrons. The Bertz CT molecular complexity index is 1530. The molecule has 3 aromatic carbocycles. The van der Waals surface area contributed by atoms with E-state index in [1.54, 1.807) is 0 Å². The van der Waals surface area contributed by atoms with Crippen LogP contribution in [0.5, 0.6) is 0 Å². The Morgan fingerprint density at radius 2 is 1.71 bits per heavy atom. The number of hydrogen-bond donors (Lipinski definition) is 3. The largest absolute Gasteiger partial charge is 0.390 e. The van der Waals surface area contributed by atoms with Gasteiger partial charge in [0.05, 0.1) is 17.2 Å². The van der Waals surface area contributed by atoms with Crippen molar-refractivity contribution in [3.8, 4) is 23.0 Å². The third-order valence-corrected chi connectivity index (χ3v) is 7.89. The summed E-state index contributed by atoms with van der Waals surface area (Å²) >= 11 is 6.39. The number of halogens is 1. The molecule has 1 aliphatic rings. The van der Waals surface area contributed by atoms with E-state index in [0.717, 1.165) is 50.1 Å². The van der Waals surface area contributed by atoms with E-state index in [2.05, 4.69) is 73.4 Å². The Morgan fingerprint density at radius 3 is 2.49 bits per heavy atom. The first-order chi connectivity index (χ1) is 16.6. The fourth-order valence-corrected chi connectivity index (χ4v) is 5.56. The molecule has 0 aliphatic carbocycles. The minimum atomic E-state index is -0.554. The van der Waals surface area contributed by atoms with E-state index in [1.165, 1.54) is 10.9 Å². The number of para-hydroxylation sites is 1. The van der Waals surface area contributed by atoms with E-state index in [9.17, 15) is 5.11 Å². The minimum absolute atomic E-state index is 0.0887. The summed E-state index contributed by atoms with van der Waals surface area (Å²) in [4.78, 5) is 3.47. The molecule has 2 atom stereocenters. The summed E-state index contributed by atoms with van der Waals surface area (Å²) in [7, 11) is 0. The fraction of sp³-hybridized carbons (Fsp3) is 0.290. The number of benzene rings is 3. The van der Waals surface area contributed by atoms with Crippen LogP contribution in [0.1, 0.15) is 60.1 Å². The lowest BCUT2D eigenvalue weighted by Gasteiger charge is -2.43. The Balaban J connectivity index is 1.84. The van der Waals surface area contributed by atoms with Crippen molar-refractivity contribution in [1.29, 1.82) is 0 Å². The second-order valence-corrected chi connectivity index (χ2v) is 10.8. The molecule has 178 valence electrons. The standard InChI is InChI=1S/C31H31ClN2O/c1-17-15-25(24-11-8-10-22-18(2)16-33-29(22)24)23(14-13-21-9-7-12-26(32)19(21)3)27-20(4)30(35)31(5,6)34-28(17)27/h7-12,15-16,20,30,33-35H,1-6H3/t20-,30+/m1/s1. The molecule has 0 spiro atoms. The highest BCUT2D eigenvalue weighted by atomic mass is 35.5. The van der Waals surface area contributed by atoms with Gasteiger partial charge in [0.2, 0.25) is 0 Å². The second-order valence-electron chi connectivity index (χ2n) is 10.3. The normalized spacial score (nSPS) is 18.5. The molecule has 3 N–H and O–H groups in total. The first-order valence-electron chi connectivity index (χ1n) is 12.1. The number of aromatic nitrogens is 1. The van der Waals surface area contributed by atoms with Crippen molar-refractivity contribution in [2.45, 2.75) is 59.1 Å². The summed E-state index contributed by atoms with van der Waals surface area (Å²) in [6.07, 6.45) is 1.50. The third kappa shape index (κ3) is 3.82. The lowest BCUT2D eigenvalue weighted by Crippen LogP contribution is -2.50. The van der Waals surface area contributed by atoms with Gasteiger partial charge in [0, 0.05) is 50.5 Å². The van der Waals surface area contributed by atoms with Crippen LogP contribution in [0, 0.1) is 32.6 Å². The highest BCUT2D eigenvalue weighted by Gasteiger charge is 2.40. The van der Waals surface area contributed by atoms with Gasteiger partial charge in [-0.3, -0.25) is 0 Å². The van der Waals surface area contributed by atoms with Gasteiger partial charge < -0.3 is 15.4 Å². The second kappa shape index (κ2) is 8.48. The Labute approximate surface area is 212 Å². The smallest absolute Gasteiger partial charge is 0.0831 e. The maximum Gasteiger partial charge on any atom is 0.0831 e. The zero-order valence-corrected chi connectivity index (χ0v) is 21.9. The zero-order chi connectivity index (χ0) is 25.1. The van der Waals surface area contributed by atoms with Crippen molar-refractivity contribution in [1.82, 2.24) is 4.98 Å². The van der Waals surface area contributed by atoms with Crippen LogP contribution in [0.3, 0.4) is 0 Å². The maximum atomic E-state index is 11.2. The van der Waals surface area contributed by atoms with Gasteiger partial charge in [-0.05, 0) is 75.1 Å². The van der Waals surface area contributed by atoms with E-state index in [0.29, 0.717) is 5.02 Å². The van der Waals surface area contributed by atoms with Crippen LogP contribution >= 0.6 is 11.6 Å². The molecule has 4 heteroatoms. The highest BCUT2D eigenvalue weighted by Crippen LogP contribution is 2.46. The summed E-state index contributed by atoms with van der Waals surface area (Å²) in [5.74, 6) is 6.84. The maximum absolute atomic E-state index is 11.2. The van der Waals surface area contributed by atoms with Crippen LogP contribution in [0.2, 0.25) is 5.02 Å². The number of hydrogen-bond acceptors (Lipinski definition) is 2. The molecule has 0 saturated heterocycles. The predicted molar refractivity (Wildman–Crippen MR) is 148 cm³/mol. The number of aryl methyl sites for hydroxylation is 2. The number of aromatic amines is 1. The highest BCUT2D eigenvalue weighted by molar-refractivity contribution is 6.31. The number of nitrogens with one attached hydrogen (secondary N) is 2. The Kier molecular flexibility index (Phi) is 5.71. The number of aliphatic hydroxyl groups is 1. The van der Waals surface area contributed by atoms with Crippen LogP contribution in [-0.2, 0) is 0 Å². The van der Waals surface area contributed by atoms with Crippen LogP contribution in [-0.4, -0.2) is 21.7 Å². The molecule has 0 unspecified atom stereocenters. The molecule has 1 aromatic heterocycles. The number of rotatable bonds is 1. The molecule has 0 fully saturated rings. The summed E-state index contributed by atoms with van der Waals surface area (Å²) in [5, 5.41) is 16.8. The lowest BCUT2D eigenvalue weighted by atomic mass is 9.75. The molecule has 0 saturated carbocycles. The quantitative estimate of drug-likeness (QED) is 0.246. The number of fused-ring (bicyclic) bond motifs is 2. The van der Waals surface area contributed by atoms with Gasteiger partial charge in [-0.25, -0.2) is 0 Å². The topological polar surface area (TPSA) is 48.0 Å². The molecule has 3 nitrogen and oxygen atoms in total. The minimum Gasteiger partial charge on any atom is -0.390 e. The van der Waals surface area contributed by atoms with Crippen molar-refractivity contribution < 1.29 is 5.11 Å². The molecule has 1 aliphatic heterocycles. The SMILES string of the molecule is Cc1cc(-c2cccc3c(C)c[nH]c23)c(C#Cc2cccc(Cl)c2C)c2c1NC(C)(C)[C@@H](O)[C@@H]2C. The fourth-order valence-electron chi connectivity index (χ4n) is 5.38. The van der Waals surface area contributed by atoms with Crippen molar-refractivity contribution in [2.75, 3.05) is 5.32 Å². The molecule has 5 rings (SSSR count). The molecule has 35 heavy (non-hydrogen) atoms. The summed E-state index contributed by atoms with van der Waals surface area (Å²) < 4.78 is 0. The number of H-pyrrole nitrogens is 1. The first-order valence-corrected chi connectivity index (χ1v) is 12.5. The monoisotopic (exact) mass is 482 g/mol. The van der Waals surface area contributed by atoms with Crippen molar-refractivity contribution >= 4 is 28.2 Å². The van der Waals surface area contributed by atoms with Gasteiger partial charge in [0.15, 0.2) is 0 Å². The van der Waals surface area contributed by atoms with E-state index in [4.69, 9.17) is 11.6 Å². The van der Waals surface area contributed by atoms with E-state index < -0.39 is 11.6 Å². The van der Waals surface area contributed by atoms with Gasteiger partial charge >= 0.3 is 0 Å². The Morgan fingerprint density at radius 1 is 0.971 bits per heavy atom. The molecular weight excluding hydrogens is 452 g/mol. The van der Waals surface area contributed by atoms with Gasteiger partial charge in [0.1, 0.15) is 0 Å². The summed E-state index contributed by atoms with van der Waals surface area (Å²) in [6.45, 7) is 12.4. The van der Waals surface area contributed by atoms with E-state index >= 15 is 0 Å². The van der Waals surface area contributed by atoms with Crippen molar-refractivity contribution in [3.63, 3.8) is 0 Å². The third-order valence-electron chi connectivity index (χ3n) is 7.48. The van der Waals surface area contributed by atoms with Crippen molar-refractivity contribution in [2.24, 2.45) is 0 Å². The summed E-state index contributed by atoms with van der Waals surface area (Å²) in [6, 6.07) is 14.5. The molecule has 0 amide bonds. The average Bonchev–Trinajstić information content (AvgIpc) is 3.20. The number of aliphatic hydroxyl groups excluding tert-OH is 1. The first kappa shape index (κ1) is 23.5. The van der Waals surface area contributed by atoms with E-state index in [1.807, 2.05) is 39.0 Å². The van der Waals surface area contributed by atoms with Gasteiger partial charge in [0.25, 0.3) is 0 Å². The molecular formula is C31H31ClN2O. The van der Waals surface area contributed by atoms with Gasteiger partial charge in [-0.15, -0.1) is 0 Å². The Hall–Kier alpha value is -3.19. The molecule has 2 heterocycles. The van der Waals surface area contributed by atoms with Crippen molar-refractivity contribution in [3.05, 3.63) is 87.1 Å². The van der Waals surface area contributed by atoms with Gasteiger partial charge in [-0.1, -0.05) is 54.6 Å². The summed E-state index contributed by atoms with van der Waals surface area (Å²) in [5.41, 5.74) is 10.2. The zero-order valence-electron chi connectivity index (χ0n) is 21.1. The van der Waals surface area contributed by atoms with Crippen LogP contribution in [0.4, 0.5) is 5.69 Å². The number of anilines is 1. The molecule has 0 bridgehead atoms.